The smallest absolute Gasteiger partial charge is 0.120 e. The van der Waals surface area contributed by atoms with E-state index < -0.39 is 0 Å². The summed E-state index contributed by atoms with van der Waals surface area (Å²) in [5.41, 5.74) is 6.70. The van der Waals surface area contributed by atoms with Gasteiger partial charge in [0, 0.05) is 18.2 Å². The number of nitrogens with zero attached hydrogens (tertiary/aromatic N) is 1. The van der Waals surface area contributed by atoms with E-state index in [2.05, 4.69) is 25.7 Å². The Labute approximate surface area is 116 Å². The van der Waals surface area contributed by atoms with Crippen molar-refractivity contribution in [1.29, 1.82) is 0 Å². The number of phenols is 1. The van der Waals surface area contributed by atoms with Gasteiger partial charge in [-0.15, -0.1) is 0 Å². The topological polar surface area (TPSA) is 58.7 Å². The van der Waals surface area contributed by atoms with Crippen molar-refractivity contribution in [2.75, 3.05) is 27.2 Å². The van der Waals surface area contributed by atoms with E-state index in [-0.39, 0.29) is 11.5 Å². The lowest BCUT2D eigenvalue weighted by atomic mass is 9.92. The quantitative estimate of drug-likeness (QED) is 0.830. The average molecular weight is 266 g/mol. The molecule has 108 valence electrons. The van der Waals surface area contributed by atoms with Crippen LogP contribution in [0.15, 0.2) is 18.2 Å². The molecule has 1 aromatic carbocycles. The number of methoxy groups -OCH3 is 1. The number of phenolic OH excluding ortho intramolecular Hbond substituents is 1. The second kappa shape index (κ2) is 6.26. The average Bonchev–Trinajstić information content (AvgIpc) is 2.38. The van der Waals surface area contributed by atoms with Crippen molar-refractivity contribution in [2.45, 2.75) is 26.8 Å². The molecule has 0 aliphatic rings. The molecule has 4 nitrogen and oxygen atoms in total. The lowest BCUT2D eigenvalue weighted by molar-refractivity contribution is 0.172. The van der Waals surface area contributed by atoms with Crippen molar-refractivity contribution in [3.8, 4) is 11.5 Å². The van der Waals surface area contributed by atoms with E-state index in [1.807, 2.05) is 13.1 Å². The molecule has 1 unspecified atom stereocenters. The van der Waals surface area contributed by atoms with Crippen LogP contribution in [0.25, 0.3) is 0 Å². The zero-order valence-electron chi connectivity index (χ0n) is 12.6. The highest BCUT2D eigenvalue weighted by Gasteiger charge is 2.23. The third-order valence-electron chi connectivity index (χ3n) is 3.58. The molecule has 0 fully saturated rings. The maximum Gasteiger partial charge on any atom is 0.120 e. The molecule has 0 bridgehead atoms. The van der Waals surface area contributed by atoms with Crippen molar-refractivity contribution in [3.05, 3.63) is 23.8 Å². The summed E-state index contributed by atoms with van der Waals surface area (Å²) in [6, 6.07) is 5.41. The zero-order valence-corrected chi connectivity index (χ0v) is 12.6. The molecular formula is C15H26N2O2. The van der Waals surface area contributed by atoms with Crippen LogP contribution >= 0.6 is 0 Å². The number of hydrogen-bond acceptors (Lipinski definition) is 4. The molecule has 0 aliphatic heterocycles. The SMILES string of the molecule is COc1ccc(O)c(C(C)N(C)CC(C)(C)CN)c1. The molecule has 0 spiro atoms. The highest BCUT2D eigenvalue weighted by atomic mass is 16.5. The Morgan fingerprint density at radius 3 is 2.58 bits per heavy atom. The number of nitrogens with two attached hydrogens (primary N) is 1. The van der Waals surface area contributed by atoms with Crippen molar-refractivity contribution in [3.63, 3.8) is 0 Å². The van der Waals surface area contributed by atoms with Crippen LogP contribution in [0, 0.1) is 5.41 Å². The van der Waals surface area contributed by atoms with Gasteiger partial charge in [-0.05, 0) is 44.1 Å². The molecule has 0 saturated carbocycles. The summed E-state index contributed by atoms with van der Waals surface area (Å²) in [5, 5.41) is 10.00. The van der Waals surface area contributed by atoms with Gasteiger partial charge in [0.05, 0.1) is 7.11 Å². The summed E-state index contributed by atoms with van der Waals surface area (Å²) >= 11 is 0. The van der Waals surface area contributed by atoms with Gasteiger partial charge >= 0.3 is 0 Å². The molecule has 0 radical (unpaired) electrons. The first-order chi connectivity index (χ1) is 8.80. The normalized spacial score (nSPS) is 13.6. The van der Waals surface area contributed by atoms with E-state index in [9.17, 15) is 5.11 Å². The maximum atomic E-state index is 10.00. The molecule has 1 atom stereocenters. The summed E-state index contributed by atoms with van der Waals surface area (Å²) in [4.78, 5) is 2.20. The van der Waals surface area contributed by atoms with Crippen LogP contribution in [0.4, 0.5) is 0 Å². The van der Waals surface area contributed by atoms with Crippen LogP contribution in [0.2, 0.25) is 0 Å². The Morgan fingerprint density at radius 1 is 1.42 bits per heavy atom. The lowest BCUT2D eigenvalue weighted by Crippen LogP contribution is -2.37. The highest BCUT2D eigenvalue weighted by molar-refractivity contribution is 5.41. The molecule has 0 aliphatic carbocycles. The molecular weight excluding hydrogens is 240 g/mol. The van der Waals surface area contributed by atoms with Crippen molar-refractivity contribution in [2.24, 2.45) is 11.1 Å². The molecule has 3 N–H and O–H groups in total. The van der Waals surface area contributed by atoms with Gasteiger partial charge in [-0.3, -0.25) is 4.90 Å². The third kappa shape index (κ3) is 4.11. The molecule has 0 saturated heterocycles. The van der Waals surface area contributed by atoms with Gasteiger partial charge < -0.3 is 15.6 Å². The lowest BCUT2D eigenvalue weighted by Gasteiger charge is -2.33. The van der Waals surface area contributed by atoms with E-state index >= 15 is 0 Å². The molecule has 0 aromatic heterocycles. The van der Waals surface area contributed by atoms with Gasteiger partial charge in [0.15, 0.2) is 0 Å². The molecule has 0 heterocycles. The van der Waals surface area contributed by atoms with Gasteiger partial charge in [0.2, 0.25) is 0 Å². The molecule has 19 heavy (non-hydrogen) atoms. The maximum absolute atomic E-state index is 10.00. The largest absolute Gasteiger partial charge is 0.508 e. The summed E-state index contributed by atoms with van der Waals surface area (Å²) in [5.74, 6) is 1.05. The van der Waals surface area contributed by atoms with E-state index in [0.717, 1.165) is 17.9 Å². The van der Waals surface area contributed by atoms with Gasteiger partial charge in [-0.1, -0.05) is 13.8 Å². The zero-order chi connectivity index (χ0) is 14.6. The Balaban J connectivity index is 2.90. The third-order valence-corrected chi connectivity index (χ3v) is 3.58. The molecule has 1 aromatic rings. The Kier molecular flexibility index (Phi) is 5.20. The van der Waals surface area contributed by atoms with E-state index in [1.54, 1.807) is 19.2 Å². The number of hydrogen-bond donors (Lipinski definition) is 2. The minimum Gasteiger partial charge on any atom is -0.508 e. The first-order valence-corrected chi connectivity index (χ1v) is 6.58. The number of ether oxygens (including phenoxy) is 1. The Bertz CT molecular complexity index is 419. The summed E-state index contributed by atoms with van der Waals surface area (Å²) in [6.07, 6.45) is 0. The van der Waals surface area contributed by atoms with Crippen LogP contribution < -0.4 is 10.5 Å². The van der Waals surface area contributed by atoms with Gasteiger partial charge in [0.25, 0.3) is 0 Å². The fraction of sp³-hybridized carbons (Fsp3) is 0.600. The van der Waals surface area contributed by atoms with E-state index in [4.69, 9.17) is 10.5 Å². The van der Waals surface area contributed by atoms with Crippen molar-refractivity contribution in [1.82, 2.24) is 4.90 Å². The van der Waals surface area contributed by atoms with Gasteiger partial charge in [-0.2, -0.15) is 0 Å². The monoisotopic (exact) mass is 266 g/mol. The van der Waals surface area contributed by atoms with Gasteiger partial charge in [-0.25, -0.2) is 0 Å². The molecule has 0 amide bonds. The fourth-order valence-electron chi connectivity index (χ4n) is 2.11. The minimum atomic E-state index is 0.0531. The standard InChI is InChI=1S/C15H26N2O2/c1-11(17(4)10-15(2,3)9-16)13-8-12(19-5)6-7-14(13)18/h6-8,11,18H,9-10,16H2,1-5H3. The number of benzene rings is 1. The number of aromatic hydroxyl groups is 1. The van der Waals surface area contributed by atoms with Crippen LogP contribution in [0.3, 0.4) is 0 Å². The summed E-state index contributed by atoms with van der Waals surface area (Å²) < 4.78 is 5.21. The minimum absolute atomic E-state index is 0.0531. The van der Waals surface area contributed by atoms with Crippen molar-refractivity contribution < 1.29 is 9.84 Å². The van der Waals surface area contributed by atoms with Crippen LogP contribution in [-0.4, -0.2) is 37.3 Å². The summed E-state index contributed by atoms with van der Waals surface area (Å²) in [6.45, 7) is 7.85. The predicted octanol–water partition coefficient (Wildman–Crippen LogP) is 2.38. The Hall–Kier alpha value is -1.26. The van der Waals surface area contributed by atoms with Gasteiger partial charge in [0.1, 0.15) is 11.5 Å². The van der Waals surface area contributed by atoms with Crippen LogP contribution in [0.1, 0.15) is 32.4 Å². The highest BCUT2D eigenvalue weighted by Crippen LogP contribution is 2.32. The van der Waals surface area contributed by atoms with E-state index in [1.165, 1.54) is 0 Å². The first kappa shape index (κ1) is 15.8. The number of rotatable bonds is 6. The molecule has 1 rings (SSSR count). The van der Waals surface area contributed by atoms with Crippen molar-refractivity contribution >= 4 is 0 Å². The van der Waals surface area contributed by atoms with Crippen LogP contribution in [0.5, 0.6) is 11.5 Å². The van der Waals surface area contributed by atoms with E-state index in [0.29, 0.717) is 12.3 Å². The first-order valence-electron chi connectivity index (χ1n) is 6.58. The van der Waals surface area contributed by atoms with Crippen LogP contribution in [-0.2, 0) is 0 Å². The second-order valence-electron chi connectivity index (χ2n) is 5.88. The molecule has 4 heteroatoms. The fourth-order valence-corrected chi connectivity index (χ4v) is 2.11. The second-order valence-corrected chi connectivity index (χ2v) is 5.88. The Morgan fingerprint density at radius 2 is 2.05 bits per heavy atom. The predicted molar refractivity (Wildman–Crippen MR) is 78.5 cm³/mol. The summed E-state index contributed by atoms with van der Waals surface area (Å²) in [7, 11) is 3.67.